The fourth-order valence-electron chi connectivity index (χ4n) is 2.30. The second kappa shape index (κ2) is 5.79. The van der Waals surface area contributed by atoms with Crippen molar-refractivity contribution in [3.05, 3.63) is 29.3 Å². The summed E-state index contributed by atoms with van der Waals surface area (Å²) >= 11 is 4.73. The van der Waals surface area contributed by atoms with Gasteiger partial charge in [-0.05, 0) is 25.0 Å². The second-order valence-electron chi connectivity index (χ2n) is 4.61. The zero-order chi connectivity index (χ0) is 14.0. The molecule has 104 valence electrons. The minimum atomic E-state index is -0.642. The van der Waals surface area contributed by atoms with E-state index in [9.17, 15) is 8.78 Å². The summed E-state index contributed by atoms with van der Waals surface area (Å²) in [5.74, 6) is -1.28. The molecule has 1 fully saturated rings. The normalized spacial score (nSPS) is 16.4. The first-order valence-electron chi connectivity index (χ1n) is 6.10. The standard InChI is InChI=1S/C13H16F2N2OS/c1-17(9-2-4-18-5-3-9)12-10(14)6-8(13(16)19)7-11(12)15/h6-7,9H,2-5H2,1H3,(H2,16,19). The number of hydrogen-bond donors (Lipinski definition) is 1. The molecule has 0 spiro atoms. The Balaban J connectivity index is 2.30. The van der Waals surface area contributed by atoms with Gasteiger partial charge in [0.15, 0.2) is 0 Å². The molecule has 2 rings (SSSR count). The molecule has 0 amide bonds. The van der Waals surface area contributed by atoms with Crippen molar-refractivity contribution in [3.63, 3.8) is 0 Å². The Morgan fingerprint density at radius 3 is 2.32 bits per heavy atom. The van der Waals surface area contributed by atoms with E-state index in [1.165, 1.54) is 12.1 Å². The maximum atomic E-state index is 14.0. The van der Waals surface area contributed by atoms with Gasteiger partial charge in [0.2, 0.25) is 0 Å². The van der Waals surface area contributed by atoms with Crippen molar-refractivity contribution < 1.29 is 13.5 Å². The SMILES string of the molecule is CN(c1c(F)cc(C(N)=S)cc1F)C1CCOCC1. The Morgan fingerprint density at radius 2 is 1.84 bits per heavy atom. The smallest absolute Gasteiger partial charge is 0.150 e. The maximum absolute atomic E-state index is 14.0. The number of thiocarbonyl (C=S) groups is 1. The van der Waals surface area contributed by atoms with Crippen LogP contribution in [0.25, 0.3) is 0 Å². The number of ether oxygens (including phenoxy) is 1. The van der Waals surface area contributed by atoms with Gasteiger partial charge in [-0.15, -0.1) is 0 Å². The molecule has 6 heteroatoms. The molecule has 0 aliphatic carbocycles. The lowest BCUT2D eigenvalue weighted by Gasteiger charge is -2.33. The number of rotatable bonds is 3. The molecule has 0 bridgehead atoms. The maximum Gasteiger partial charge on any atom is 0.150 e. The number of nitrogens with zero attached hydrogens (tertiary/aromatic N) is 1. The molecular weight excluding hydrogens is 270 g/mol. The number of nitrogens with two attached hydrogens (primary N) is 1. The van der Waals surface area contributed by atoms with Crippen LogP contribution in [-0.2, 0) is 4.74 Å². The second-order valence-corrected chi connectivity index (χ2v) is 5.05. The summed E-state index contributed by atoms with van der Waals surface area (Å²) in [6, 6.07) is 2.43. The van der Waals surface area contributed by atoms with Crippen LogP contribution in [0.2, 0.25) is 0 Å². The van der Waals surface area contributed by atoms with Gasteiger partial charge >= 0.3 is 0 Å². The highest BCUT2D eigenvalue weighted by Gasteiger charge is 2.24. The van der Waals surface area contributed by atoms with Gasteiger partial charge in [0, 0.05) is 31.9 Å². The lowest BCUT2D eigenvalue weighted by atomic mass is 10.1. The Bertz CT molecular complexity index is 467. The number of hydrogen-bond acceptors (Lipinski definition) is 3. The first-order chi connectivity index (χ1) is 9.00. The lowest BCUT2D eigenvalue weighted by Crippen LogP contribution is -2.37. The average molecular weight is 286 g/mol. The first-order valence-corrected chi connectivity index (χ1v) is 6.51. The fraction of sp³-hybridized carbons (Fsp3) is 0.462. The number of halogens is 2. The third-order valence-electron chi connectivity index (χ3n) is 3.39. The predicted octanol–water partition coefficient (Wildman–Crippen LogP) is 2.21. The molecule has 3 nitrogen and oxygen atoms in total. The van der Waals surface area contributed by atoms with Crippen LogP contribution in [0.1, 0.15) is 18.4 Å². The van der Waals surface area contributed by atoms with E-state index in [1.807, 2.05) is 0 Å². The highest BCUT2D eigenvalue weighted by molar-refractivity contribution is 7.80. The average Bonchev–Trinajstić information content (AvgIpc) is 2.38. The number of benzene rings is 1. The van der Waals surface area contributed by atoms with Crippen molar-refractivity contribution in [1.82, 2.24) is 0 Å². The molecule has 1 saturated heterocycles. The van der Waals surface area contributed by atoms with E-state index in [-0.39, 0.29) is 22.3 Å². The third kappa shape index (κ3) is 3.01. The Kier molecular flexibility index (Phi) is 4.31. The molecular formula is C13H16F2N2OS. The van der Waals surface area contributed by atoms with Crippen molar-refractivity contribution in [2.75, 3.05) is 25.2 Å². The summed E-state index contributed by atoms with van der Waals surface area (Å²) in [5, 5.41) is 0. The molecule has 1 aliphatic rings. The third-order valence-corrected chi connectivity index (χ3v) is 3.63. The van der Waals surface area contributed by atoms with E-state index in [1.54, 1.807) is 11.9 Å². The topological polar surface area (TPSA) is 38.5 Å². The van der Waals surface area contributed by atoms with Crippen LogP contribution >= 0.6 is 12.2 Å². The van der Waals surface area contributed by atoms with Gasteiger partial charge in [-0.25, -0.2) is 8.78 Å². The quantitative estimate of drug-likeness (QED) is 0.865. The van der Waals surface area contributed by atoms with Crippen LogP contribution in [-0.4, -0.2) is 31.3 Å². The monoisotopic (exact) mass is 286 g/mol. The Morgan fingerprint density at radius 1 is 1.32 bits per heavy atom. The van der Waals surface area contributed by atoms with Gasteiger partial charge in [0.1, 0.15) is 22.3 Å². The van der Waals surface area contributed by atoms with Crippen LogP contribution < -0.4 is 10.6 Å². The summed E-state index contributed by atoms with van der Waals surface area (Å²) in [6.45, 7) is 1.23. The largest absolute Gasteiger partial charge is 0.389 e. The minimum absolute atomic E-state index is 0.0157. The van der Waals surface area contributed by atoms with Gasteiger partial charge in [-0.1, -0.05) is 12.2 Å². The molecule has 1 heterocycles. The highest BCUT2D eigenvalue weighted by Crippen LogP contribution is 2.28. The zero-order valence-corrected chi connectivity index (χ0v) is 11.5. The molecule has 0 atom stereocenters. The van der Waals surface area contributed by atoms with E-state index in [4.69, 9.17) is 22.7 Å². The van der Waals surface area contributed by atoms with Crippen LogP contribution in [0, 0.1) is 11.6 Å². The van der Waals surface area contributed by atoms with Gasteiger partial charge < -0.3 is 15.4 Å². The Labute approximate surface area is 116 Å². The molecule has 19 heavy (non-hydrogen) atoms. The van der Waals surface area contributed by atoms with Crippen molar-refractivity contribution >= 4 is 22.9 Å². The zero-order valence-electron chi connectivity index (χ0n) is 10.7. The molecule has 1 aliphatic heterocycles. The van der Waals surface area contributed by atoms with Gasteiger partial charge in [-0.2, -0.15) is 0 Å². The summed E-state index contributed by atoms with van der Waals surface area (Å²) in [4.78, 5) is 1.62. The molecule has 0 radical (unpaired) electrons. The first kappa shape index (κ1) is 14.1. The lowest BCUT2D eigenvalue weighted by molar-refractivity contribution is 0.0852. The van der Waals surface area contributed by atoms with E-state index in [2.05, 4.69) is 0 Å². The summed E-state index contributed by atoms with van der Waals surface area (Å²) in [6.07, 6.45) is 1.51. The number of anilines is 1. The molecule has 0 unspecified atom stereocenters. The van der Waals surface area contributed by atoms with Gasteiger partial charge in [-0.3, -0.25) is 0 Å². The molecule has 0 saturated carbocycles. The van der Waals surface area contributed by atoms with Crippen molar-refractivity contribution in [2.24, 2.45) is 5.73 Å². The van der Waals surface area contributed by atoms with Crippen LogP contribution in [0.5, 0.6) is 0 Å². The predicted molar refractivity (Wildman–Crippen MR) is 74.5 cm³/mol. The van der Waals surface area contributed by atoms with E-state index >= 15 is 0 Å². The fourth-order valence-corrected chi connectivity index (χ4v) is 2.42. The van der Waals surface area contributed by atoms with Gasteiger partial charge in [0.05, 0.1) is 0 Å². The van der Waals surface area contributed by atoms with Crippen LogP contribution in [0.4, 0.5) is 14.5 Å². The van der Waals surface area contributed by atoms with E-state index < -0.39 is 11.6 Å². The summed E-state index contributed by atoms with van der Waals surface area (Å²) in [5.41, 5.74) is 5.56. The molecule has 0 aromatic heterocycles. The summed E-state index contributed by atoms with van der Waals surface area (Å²) in [7, 11) is 1.69. The summed E-state index contributed by atoms with van der Waals surface area (Å²) < 4.78 is 33.3. The van der Waals surface area contributed by atoms with Crippen molar-refractivity contribution in [1.29, 1.82) is 0 Å². The van der Waals surface area contributed by atoms with Crippen molar-refractivity contribution in [2.45, 2.75) is 18.9 Å². The van der Waals surface area contributed by atoms with E-state index in [0.29, 0.717) is 13.2 Å². The van der Waals surface area contributed by atoms with Crippen LogP contribution in [0.15, 0.2) is 12.1 Å². The Hall–Kier alpha value is -1.27. The molecule has 1 aromatic rings. The minimum Gasteiger partial charge on any atom is -0.389 e. The highest BCUT2D eigenvalue weighted by atomic mass is 32.1. The van der Waals surface area contributed by atoms with Gasteiger partial charge in [0.25, 0.3) is 0 Å². The van der Waals surface area contributed by atoms with Crippen LogP contribution in [0.3, 0.4) is 0 Å². The molecule has 1 aromatic carbocycles. The van der Waals surface area contributed by atoms with E-state index in [0.717, 1.165) is 12.8 Å². The molecule has 2 N–H and O–H groups in total. The van der Waals surface area contributed by atoms with Crippen molar-refractivity contribution in [3.8, 4) is 0 Å².